The van der Waals surface area contributed by atoms with Crippen molar-refractivity contribution in [3.63, 3.8) is 0 Å². The maximum Gasteiger partial charge on any atom is 0.258 e. The van der Waals surface area contributed by atoms with E-state index in [-0.39, 0.29) is 5.91 Å². The van der Waals surface area contributed by atoms with Gasteiger partial charge in [0.15, 0.2) is 0 Å². The first-order valence-electron chi connectivity index (χ1n) is 6.40. The van der Waals surface area contributed by atoms with E-state index >= 15 is 0 Å². The summed E-state index contributed by atoms with van der Waals surface area (Å²) in [5, 5.41) is 0. The molecule has 0 aliphatic carbocycles. The Morgan fingerprint density at radius 3 is 2.20 bits per heavy atom. The van der Waals surface area contributed by atoms with Gasteiger partial charge in [-0.3, -0.25) is 4.79 Å². The highest BCUT2D eigenvalue weighted by Gasteiger charge is 2.14. The average molecular weight is 269 g/mol. The van der Waals surface area contributed by atoms with Crippen LogP contribution >= 0.6 is 0 Å². The van der Waals surface area contributed by atoms with Crippen LogP contribution in [0.25, 0.3) is 0 Å². The molecule has 0 aliphatic rings. The van der Waals surface area contributed by atoms with Gasteiger partial charge in [-0.1, -0.05) is 18.2 Å². The van der Waals surface area contributed by atoms with Crippen LogP contribution in [0.3, 0.4) is 0 Å². The largest absolute Gasteiger partial charge is 0.397 e. The van der Waals surface area contributed by atoms with Crippen LogP contribution < -0.4 is 15.5 Å². The van der Waals surface area contributed by atoms with Crippen molar-refractivity contribution in [2.45, 2.75) is 0 Å². The van der Waals surface area contributed by atoms with Crippen molar-refractivity contribution in [3.05, 3.63) is 54.1 Å². The molecule has 4 nitrogen and oxygen atoms in total. The van der Waals surface area contributed by atoms with E-state index in [0.717, 1.165) is 11.4 Å². The van der Waals surface area contributed by atoms with E-state index in [0.29, 0.717) is 11.3 Å². The number of nitrogens with two attached hydrogens (primary N) is 1. The highest BCUT2D eigenvalue weighted by molar-refractivity contribution is 6.06. The number of rotatable bonds is 3. The summed E-state index contributed by atoms with van der Waals surface area (Å²) in [5.74, 6) is -0.0757. The van der Waals surface area contributed by atoms with Gasteiger partial charge in [0, 0.05) is 32.4 Å². The molecule has 104 valence electrons. The molecule has 0 radical (unpaired) electrons. The first-order chi connectivity index (χ1) is 9.50. The highest BCUT2D eigenvalue weighted by atomic mass is 16.2. The SMILES string of the molecule is CN(C)c1ccc(C(=O)N(C)c2ccccc2)cc1N. The molecule has 0 fully saturated rings. The minimum atomic E-state index is -0.0757. The number of nitrogen functional groups attached to an aromatic ring is 1. The summed E-state index contributed by atoms with van der Waals surface area (Å²) >= 11 is 0. The number of carbonyl (C=O) groups excluding carboxylic acids is 1. The third kappa shape index (κ3) is 2.74. The van der Waals surface area contributed by atoms with Crippen molar-refractivity contribution in [2.75, 3.05) is 36.7 Å². The van der Waals surface area contributed by atoms with Gasteiger partial charge in [0.25, 0.3) is 5.91 Å². The van der Waals surface area contributed by atoms with Crippen LogP contribution in [0.4, 0.5) is 17.1 Å². The molecule has 2 aromatic carbocycles. The standard InChI is InChI=1S/C16H19N3O/c1-18(2)15-10-9-12(11-14(15)17)16(20)19(3)13-7-5-4-6-8-13/h4-11H,17H2,1-3H3. The number of nitrogens with zero attached hydrogens (tertiary/aromatic N) is 2. The monoisotopic (exact) mass is 269 g/mol. The zero-order valence-corrected chi connectivity index (χ0v) is 12.0. The molecule has 2 rings (SSSR count). The van der Waals surface area contributed by atoms with E-state index in [2.05, 4.69) is 0 Å². The highest BCUT2D eigenvalue weighted by Crippen LogP contribution is 2.24. The third-order valence-corrected chi connectivity index (χ3v) is 3.20. The maximum atomic E-state index is 12.4. The number of hydrogen-bond donors (Lipinski definition) is 1. The predicted molar refractivity (Wildman–Crippen MR) is 84.4 cm³/mol. The van der Waals surface area contributed by atoms with Crippen molar-refractivity contribution < 1.29 is 4.79 Å². The molecular formula is C16H19N3O. The van der Waals surface area contributed by atoms with Gasteiger partial charge in [0.1, 0.15) is 0 Å². The fourth-order valence-electron chi connectivity index (χ4n) is 2.06. The zero-order valence-electron chi connectivity index (χ0n) is 12.0. The lowest BCUT2D eigenvalue weighted by Crippen LogP contribution is -2.26. The summed E-state index contributed by atoms with van der Waals surface area (Å²) in [6.45, 7) is 0. The number of amides is 1. The van der Waals surface area contributed by atoms with Crippen LogP contribution in [-0.4, -0.2) is 27.1 Å². The average Bonchev–Trinajstić information content (AvgIpc) is 2.46. The first-order valence-corrected chi connectivity index (χ1v) is 6.40. The van der Waals surface area contributed by atoms with Crippen molar-refractivity contribution in [2.24, 2.45) is 0 Å². The molecule has 0 saturated carbocycles. The second-order valence-corrected chi connectivity index (χ2v) is 4.87. The van der Waals surface area contributed by atoms with Crippen molar-refractivity contribution in [1.82, 2.24) is 0 Å². The predicted octanol–water partition coefficient (Wildman–Crippen LogP) is 2.61. The third-order valence-electron chi connectivity index (χ3n) is 3.20. The van der Waals surface area contributed by atoms with Gasteiger partial charge in [0.05, 0.1) is 11.4 Å². The lowest BCUT2D eigenvalue weighted by Gasteiger charge is -2.19. The first kappa shape index (κ1) is 13.9. The summed E-state index contributed by atoms with van der Waals surface area (Å²) in [6, 6.07) is 14.9. The smallest absolute Gasteiger partial charge is 0.258 e. The number of carbonyl (C=O) groups is 1. The Kier molecular flexibility index (Phi) is 3.94. The summed E-state index contributed by atoms with van der Waals surface area (Å²) in [5.41, 5.74) is 8.93. The fraction of sp³-hybridized carbons (Fsp3) is 0.188. The molecule has 0 aromatic heterocycles. The van der Waals surface area contributed by atoms with Crippen LogP contribution in [0.2, 0.25) is 0 Å². The lowest BCUT2D eigenvalue weighted by molar-refractivity contribution is 0.0993. The van der Waals surface area contributed by atoms with Gasteiger partial charge >= 0.3 is 0 Å². The van der Waals surface area contributed by atoms with Crippen LogP contribution in [0.5, 0.6) is 0 Å². The Hall–Kier alpha value is -2.49. The summed E-state index contributed by atoms with van der Waals surface area (Å²) in [7, 11) is 5.60. The molecule has 0 saturated heterocycles. The van der Waals surface area contributed by atoms with Gasteiger partial charge in [-0.15, -0.1) is 0 Å². The van der Waals surface area contributed by atoms with Crippen LogP contribution in [0.1, 0.15) is 10.4 Å². The van der Waals surface area contributed by atoms with Crippen molar-refractivity contribution in [1.29, 1.82) is 0 Å². The van der Waals surface area contributed by atoms with Crippen LogP contribution in [-0.2, 0) is 0 Å². The molecule has 2 N–H and O–H groups in total. The summed E-state index contributed by atoms with van der Waals surface area (Å²) < 4.78 is 0. The van der Waals surface area contributed by atoms with Gasteiger partial charge in [-0.25, -0.2) is 0 Å². The zero-order chi connectivity index (χ0) is 14.7. The normalized spacial score (nSPS) is 10.2. The van der Waals surface area contributed by atoms with Gasteiger partial charge in [-0.2, -0.15) is 0 Å². The van der Waals surface area contributed by atoms with Crippen LogP contribution in [0, 0.1) is 0 Å². The summed E-state index contributed by atoms with van der Waals surface area (Å²) in [4.78, 5) is 16.0. The van der Waals surface area contributed by atoms with E-state index < -0.39 is 0 Å². The quantitative estimate of drug-likeness (QED) is 0.871. The molecule has 0 bridgehead atoms. The number of para-hydroxylation sites is 1. The van der Waals surface area contributed by atoms with Gasteiger partial charge in [0.2, 0.25) is 0 Å². The molecule has 1 amide bonds. The summed E-state index contributed by atoms with van der Waals surface area (Å²) in [6.07, 6.45) is 0. The number of benzene rings is 2. The van der Waals surface area contributed by atoms with Gasteiger partial charge in [-0.05, 0) is 30.3 Å². The minimum absolute atomic E-state index is 0.0757. The molecule has 0 spiro atoms. The number of anilines is 3. The Balaban J connectivity index is 2.28. The van der Waals surface area contributed by atoms with Crippen molar-refractivity contribution in [3.8, 4) is 0 Å². The van der Waals surface area contributed by atoms with E-state index in [1.165, 1.54) is 0 Å². The Morgan fingerprint density at radius 2 is 1.65 bits per heavy atom. The Bertz CT molecular complexity index is 608. The molecule has 4 heteroatoms. The molecule has 20 heavy (non-hydrogen) atoms. The molecule has 0 unspecified atom stereocenters. The topological polar surface area (TPSA) is 49.6 Å². The molecule has 0 aliphatic heterocycles. The minimum Gasteiger partial charge on any atom is -0.397 e. The van der Waals surface area contributed by atoms with Gasteiger partial charge < -0.3 is 15.5 Å². The lowest BCUT2D eigenvalue weighted by atomic mass is 10.1. The number of hydrogen-bond acceptors (Lipinski definition) is 3. The van der Waals surface area contributed by atoms with Crippen molar-refractivity contribution >= 4 is 23.0 Å². The van der Waals surface area contributed by atoms with E-state index in [9.17, 15) is 4.79 Å². The van der Waals surface area contributed by atoms with E-state index in [1.54, 1.807) is 24.1 Å². The Morgan fingerprint density at radius 1 is 1.00 bits per heavy atom. The van der Waals surface area contributed by atoms with E-state index in [1.807, 2.05) is 55.4 Å². The molecular weight excluding hydrogens is 250 g/mol. The molecule has 0 atom stereocenters. The second-order valence-electron chi connectivity index (χ2n) is 4.87. The Labute approximate surface area is 119 Å². The van der Waals surface area contributed by atoms with Crippen LogP contribution in [0.15, 0.2) is 48.5 Å². The molecule has 2 aromatic rings. The van der Waals surface area contributed by atoms with E-state index in [4.69, 9.17) is 5.73 Å². The second kappa shape index (κ2) is 5.65. The molecule has 0 heterocycles. The maximum absolute atomic E-state index is 12.4. The fourth-order valence-corrected chi connectivity index (χ4v) is 2.06.